The standard InChI is InChI=1S/C28H26BrClN2O7S/c1-5-37-27(36)23-15(4)31-28-32(24(23)17-8-6-7-9-20(17)39-14(2)3)26(35)21(40-28)12-16-10-18(29)25(19(30)11-16)38-13-22(33)34/h6-12,14,24H,5,13H2,1-4H3,(H,33,34)/b21-12+/t24-/m0/s1. The number of esters is 1. The van der Waals surface area contributed by atoms with E-state index in [4.69, 9.17) is 30.9 Å². The van der Waals surface area contributed by atoms with Gasteiger partial charge in [-0.05, 0) is 73.5 Å². The predicted octanol–water partition coefficient (Wildman–Crippen LogP) is 4.46. The van der Waals surface area contributed by atoms with Crippen LogP contribution >= 0.6 is 38.9 Å². The molecule has 1 N–H and O–H groups in total. The van der Waals surface area contributed by atoms with Crippen molar-refractivity contribution in [3.63, 3.8) is 0 Å². The van der Waals surface area contributed by atoms with Gasteiger partial charge in [0.15, 0.2) is 17.2 Å². The van der Waals surface area contributed by atoms with E-state index in [2.05, 4.69) is 20.9 Å². The Labute approximate surface area is 247 Å². The quantitative estimate of drug-likeness (QED) is 0.340. The lowest BCUT2D eigenvalue weighted by Crippen LogP contribution is -2.40. The van der Waals surface area contributed by atoms with Crippen molar-refractivity contribution in [2.45, 2.75) is 39.8 Å². The lowest BCUT2D eigenvalue weighted by molar-refractivity contribution is -0.140. The number of aromatic nitrogens is 1. The first-order chi connectivity index (χ1) is 19.0. The number of aliphatic carboxylic acids is 1. The van der Waals surface area contributed by atoms with Crippen LogP contribution in [0.15, 0.2) is 61.9 Å². The lowest BCUT2D eigenvalue weighted by Gasteiger charge is -2.26. The molecule has 2 aromatic carbocycles. The molecule has 0 unspecified atom stereocenters. The highest BCUT2D eigenvalue weighted by Crippen LogP contribution is 2.37. The zero-order valence-electron chi connectivity index (χ0n) is 22.1. The fourth-order valence-electron chi connectivity index (χ4n) is 4.24. The Bertz CT molecular complexity index is 1670. The third-order valence-electron chi connectivity index (χ3n) is 5.75. The molecule has 0 fully saturated rings. The van der Waals surface area contributed by atoms with Crippen molar-refractivity contribution in [3.8, 4) is 11.5 Å². The molecule has 0 radical (unpaired) electrons. The number of hydrogen-bond acceptors (Lipinski definition) is 8. The Morgan fingerprint density at radius 3 is 2.65 bits per heavy atom. The van der Waals surface area contributed by atoms with Crippen LogP contribution in [0.2, 0.25) is 5.02 Å². The van der Waals surface area contributed by atoms with Gasteiger partial charge in [-0.3, -0.25) is 9.36 Å². The molecule has 0 saturated heterocycles. The van der Waals surface area contributed by atoms with Gasteiger partial charge in [0.25, 0.3) is 5.56 Å². The van der Waals surface area contributed by atoms with Gasteiger partial charge in [-0.1, -0.05) is 41.1 Å². The molecular weight excluding hydrogens is 624 g/mol. The van der Waals surface area contributed by atoms with E-state index < -0.39 is 24.6 Å². The fraction of sp³-hybridized carbons (Fsp3) is 0.286. The number of para-hydroxylation sites is 1. The van der Waals surface area contributed by atoms with Crippen LogP contribution in [0.25, 0.3) is 6.08 Å². The number of hydrogen-bond donors (Lipinski definition) is 1. The average molecular weight is 650 g/mol. The first kappa shape index (κ1) is 29.6. The van der Waals surface area contributed by atoms with Gasteiger partial charge in [0, 0.05) is 5.56 Å². The second kappa shape index (κ2) is 12.4. The molecule has 9 nitrogen and oxygen atoms in total. The van der Waals surface area contributed by atoms with E-state index in [0.29, 0.717) is 36.4 Å². The molecule has 1 aliphatic heterocycles. The number of rotatable bonds is 9. The molecule has 0 spiro atoms. The van der Waals surface area contributed by atoms with Gasteiger partial charge in [0.2, 0.25) is 0 Å². The van der Waals surface area contributed by atoms with Crippen molar-refractivity contribution in [1.29, 1.82) is 0 Å². The van der Waals surface area contributed by atoms with Crippen LogP contribution in [0.5, 0.6) is 11.5 Å². The van der Waals surface area contributed by atoms with Gasteiger partial charge < -0.3 is 19.3 Å². The first-order valence-electron chi connectivity index (χ1n) is 12.3. The summed E-state index contributed by atoms with van der Waals surface area (Å²) in [6.45, 7) is 6.84. The maximum absolute atomic E-state index is 13.9. The third kappa shape index (κ3) is 6.16. The van der Waals surface area contributed by atoms with Crippen LogP contribution in [-0.4, -0.2) is 40.9 Å². The summed E-state index contributed by atoms with van der Waals surface area (Å²) in [5, 5.41) is 9.08. The Morgan fingerprint density at radius 2 is 2.00 bits per heavy atom. The topological polar surface area (TPSA) is 116 Å². The van der Waals surface area contributed by atoms with Gasteiger partial charge >= 0.3 is 11.9 Å². The van der Waals surface area contributed by atoms with Gasteiger partial charge in [-0.2, -0.15) is 0 Å². The second-order valence-electron chi connectivity index (χ2n) is 9.00. The van der Waals surface area contributed by atoms with Crippen molar-refractivity contribution < 1.29 is 28.9 Å². The third-order valence-corrected chi connectivity index (χ3v) is 7.60. The Kier molecular flexibility index (Phi) is 9.17. The van der Waals surface area contributed by atoms with Crippen molar-refractivity contribution in [1.82, 2.24) is 4.57 Å². The molecule has 1 aromatic heterocycles. The molecule has 2 heterocycles. The van der Waals surface area contributed by atoms with Crippen molar-refractivity contribution in [2.75, 3.05) is 13.2 Å². The zero-order chi connectivity index (χ0) is 29.1. The number of allylic oxidation sites excluding steroid dienone is 1. The van der Waals surface area contributed by atoms with Crippen molar-refractivity contribution in [3.05, 3.63) is 88.0 Å². The van der Waals surface area contributed by atoms with E-state index in [1.807, 2.05) is 32.0 Å². The van der Waals surface area contributed by atoms with Crippen LogP contribution in [0.1, 0.15) is 44.9 Å². The summed E-state index contributed by atoms with van der Waals surface area (Å²) < 4.78 is 19.0. The maximum Gasteiger partial charge on any atom is 0.341 e. The van der Waals surface area contributed by atoms with E-state index in [-0.39, 0.29) is 34.6 Å². The van der Waals surface area contributed by atoms with Crippen LogP contribution in [-0.2, 0) is 14.3 Å². The largest absolute Gasteiger partial charge is 0.491 e. The number of benzene rings is 2. The molecule has 0 bridgehead atoms. The maximum atomic E-state index is 13.9. The first-order valence-corrected chi connectivity index (χ1v) is 14.3. The summed E-state index contributed by atoms with van der Waals surface area (Å²) >= 11 is 10.9. The molecule has 12 heteroatoms. The predicted molar refractivity (Wildman–Crippen MR) is 155 cm³/mol. The summed E-state index contributed by atoms with van der Waals surface area (Å²) in [7, 11) is 0. The highest BCUT2D eigenvalue weighted by Gasteiger charge is 2.35. The minimum atomic E-state index is -1.14. The number of carbonyl (C=O) groups is 2. The number of carbonyl (C=O) groups excluding carboxylic acids is 1. The molecule has 1 atom stereocenters. The Balaban J connectivity index is 1.91. The van der Waals surface area contributed by atoms with Crippen molar-refractivity contribution >= 4 is 56.9 Å². The second-order valence-corrected chi connectivity index (χ2v) is 11.3. The summed E-state index contributed by atoms with van der Waals surface area (Å²) in [6, 6.07) is 9.69. The molecule has 0 amide bonds. The van der Waals surface area contributed by atoms with Crippen LogP contribution in [0.4, 0.5) is 0 Å². The van der Waals surface area contributed by atoms with E-state index in [1.165, 1.54) is 15.9 Å². The summed E-state index contributed by atoms with van der Waals surface area (Å²) in [5.41, 5.74) is 1.55. The van der Waals surface area contributed by atoms with Crippen LogP contribution < -0.4 is 24.4 Å². The fourth-order valence-corrected chi connectivity index (χ4v) is 6.27. The minimum Gasteiger partial charge on any atom is -0.491 e. The molecule has 210 valence electrons. The van der Waals surface area contributed by atoms with Crippen LogP contribution in [0.3, 0.4) is 0 Å². The van der Waals surface area contributed by atoms with Crippen molar-refractivity contribution in [2.24, 2.45) is 4.99 Å². The Morgan fingerprint density at radius 1 is 1.27 bits per heavy atom. The number of fused-ring (bicyclic) bond motifs is 1. The molecule has 0 saturated carbocycles. The van der Waals surface area contributed by atoms with E-state index >= 15 is 0 Å². The van der Waals surface area contributed by atoms with Gasteiger partial charge in [-0.25, -0.2) is 14.6 Å². The normalized spacial score (nSPS) is 15.1. The highest BCUT2D eigenvalue weighted by atomic mass is 79.9. The molecule has 40 heavy (non-hydrogen) atoms. The zero-order valence-corrected chi connectivity index (χ0v) is 25.2. The summed E-state index contributed by atoms with van der Waals surface area (Å²) in [4.78, 5) is 43.0. The average Bonchev–Trinajstić information content (AvgIpc) is 3.16. The monoisotopic (exact) mass is 648 g/mol. The number of nitrogens with zero attached hydrogens (tertiary/aromatic N) is 2. The number of carboxylic acids is 1. The smallest absolute Gasteiger partial charge is 0.341 e. The van der Waals surface area contributed by atoms with E-state index in [9.17, 15) is 14.4 Å². The number of carboxylic acid groups (broad SMARTS) is 1. The van der Waals surface area contributed by atoms with Gasteiger partial charge in [0.1, 0.15) is 11.8 Å². The highest BCUT2D eigenvalue weighted by molar-refractivity contribution is 9.10. The summed E-state index contributed by atoms with van der Waals surface area (Å²) in [6.07, 6.45) is 1.51. The SMILES string of the molecule is CCOC(=O)C1=C(C)N=c2s/c(=C/c3cc(Cl)c(OCC(=O)O)c(Br)c3)c(=O)n2[C@H]1c1ccccc1OC(C)C. The van der Waals surface area contributed by atoms with Crippen LogP contribution in [0, 0.1) is 0 Å². The Hall–Kier alpha value is -3.41. The lowest BCUT2D eigenvalue weighted by atomic mass is 9.95. The molecular formula is C28H26BrClN2O7S. The molecule has 4 rings (SSSR count). The molecule has 0 aliphatic carbocycles. The van der Waals surface area contributed by atoms with Gasteiger partial charge in [-0.15, -0.1) is 0 Å². The minimum absolute atomic E-state index is 0.140. The van der Waals surface area contributed by atoms with E-state index in [1.54, 1.807) is 38.1 Å². The molecule has 1 aliphatic rings. The summed E-state index contributed by atoms with van der Waals surface area (Å²) in [5.74, 6) is -0.976. The molecule has 3 aromatic rings. The number of ether oxygens (including phenoxy) is 3. The van der Waals surface area contributed by atoms with Gasteiger partial charge in [0.05, 0.1) is 38.0 Å². The number of halogens is 2. The van der Waals surface area contributed by atoms with E-state index in [0.717, 1.165) is 0 Å². The number of thiazole rings is 1.